The number of halogens is 1. The lowest BCUT2D eigenvalue weighted by molar-refractivity contribution is -0.134. The van der Waals surface area contributed by atoms with Gasteiger partial charge >= 0.3 is 6.03 Å². The molecule has 2 aromatic rings. The monoisotopic (exact) mass is 476 g/mol. The van der Waals surface area contributed by atoms with Crippen LogP contribution in [0.1, 0.15) is 42.5 Å². The Morgan fingerprint density at radius 2 is 1.59 bits per heavy atom. The third-order valence-electron chi connectivity index (χ3n) is 5.61. The van der Waals surface area contributed by atoms with Crippen molar-refractivity contribution < 1.29 is 22.8 Å². The Hall–Kier alpha value is -3.11. The average molecular weight is 477 g/mol. The molecule has 11 heteroatoms. The first-order valence-electron chi connectivity index (χ1n) is 10.1. The smallest absolute Gasteiger partial charge is 0.322 e. The van der Waals surface area contributed by atoms with E-state index in [9.17, 15) is 22.8 Å². The lowest BCUT2D eigenvalue weighted by atomic mass is 9.82. The van der Waals surface area contributed by atoms with Crippen LogP contribution in [0.5, 0.6) is 0 Å². The quantitative estimate of drug-likeness (QED) is 0.572. The van der Waals surface area contributed by atoms with Crippen LogP contribution in [-0.2, 0) is 14.8 Å². The van der Waals surface area contributed by atoms with Crippen molar-refractivity contribution in [2.24, 2.45) is 0 Å². The Bertz CT molecular complexity index is 1160. The van der Waals surface area contributed by atoms with Crippen LogP contribution in [0.25, 0.3) is 0 Å². The fraction of sp³-hybridized carbons (Fsp3) is 0.286. The summed E-state index contributed by atoms with van der Waals surface area (Å²) >= 11 is 5.80. The standard InChI is InChI=1S/C21H21ClN4O5S/c22-15-6-8-16(9-7-15)25-32(30,31)17-10-4-14(5-11-17)18(27)24-26-19(28)21(23-20(26)29)12-2-1-3-13-21/h4-11,25H,1-3,12-13H2,(H,23,29)(H,24,27). The van der Waals surface area contributed by atoms with Crippen LogP contribution >= 0.6 is 11.6 Å². The number of carbonyl (C=O) groups is 3. The van der Waals surface area contributed by atoms with Crippen LogP contribution in [0.4, 0.5) is 10.5 Å². The minimum Gasteiger partial charge on any atom is -0.322 e. The summed E-state index contributed by atoms with van der Waals surface area (Å²) in [6.07, 6.45) is 3.73. The van der Waals surface area contributed by atoms with Gasteiger partial charge in [0.2, 0.25) is 0 Å². The van der Waals surface area contributed by atoms with E-state index < -0.39 is 33.4 Å². The second-order valence-electron chi connectivity index (χ2n) is 7.79. The Morgan fingerprint density at radius 1 is 0.969 bits per heavy atom. The van der Waals surface area contributed by atoms with Gasteiger partial charge < -0.3 is 5.32 Å². The molecule has 0 atom stereocenters. The molecule has 2 aromatic carbocycles. The van der Waals surface area contributed by atoms with Crippen molar-refractivity contribution >= 4 is 45.2 Å². The zero-order valence-electron chi connectivity index (χ0n) is 16.9. The molecule has 2 aliphatic rings. The van der Waals surface area contributed by atoms with Crippen molar-refractivity contribution in [2.45, 2.75) is 42.5 Å². The predicted molar refractivity (Wildman–Crippen MR) is 117 cm³/mol. The second-order valence-corrected chi connectivity index (χ2v) is 9.91. The Labute approximate surface area is 190 Å². The van der Waals surface area contributed by atoms with Crippen molar-refractivity contribution in [1.29, 1.82) is 0 Å². The number of nitrogens with zero attached hydrogens (tertiary/aromatic N) is 1. The number of rotatable bonds is 5. The number of benzene rings is 2. The summed E-state index contributed by atoms with van der Waals surface area (Å²) in [5, 5.41) is 3.89. The molecule has 2 fully saturated rings. The Kier molecular flexibility index (Phi) is 5.83. The zero-order valence-corrected chi connectivity index (χ0v) is 18.5. The number of carbonyl (C=O) groups excluding carboxylic acids is 3. The van der Waals surface area contributed by atoms with Gasteiger partial charge in [0.25, 0.3) is 21.8 Å². The van der Waals surface area contributed by atoms with Gasteiger partial charge in [-0.3, -0.25) is 19.7 Å². The van der Waals surface area contributed by atoms with E-state index in [0.29, 0.717) is 28.6 Å². The number of hydrogen-bond donors (Lipinski definition) is 3. The van der Waals surface area contributed by atoms with Gasteiger partial charge in [-0.15, -0.1) is 0 Å². The van der Waals surface area contributed by atoms with E-state index in [2.05, 4.69) is 15.5 Å². The molecule has 1 saturated carbocycles. The van der Waals surface area contributed by atoms with Gasteiger partial charge in [0, 0.05) is 16.3 Å². The molecule has 4 rings (SSSR count). The van der Waals surface area contributed by atoms with E-state index >= 15 is 0 Å². The number of sulfonamides is 1. The molecule has 0 radical (unpaired) electrons. The summed E-state index contributed by atoms with van der Waals surface area (Å²) < 4.78 is 27.5. The molecule has 9 nitrogen and oxygen atoms in total. The van der Waals surface area contributed by atoms with Gasteiger partial charge in [-0.1, -0.05) is 30.9 Å². The van der Waals surface area contributed by atoms with E-state index in [4.69, 9.17) is 11.6 Å². The first kappa shape index (κ1) is 22.1. The molecular formula is C21H21ClN4O5S. The molecular weight excluding hydrogens is 456 g/mol. The van der Waals surface area contributed by atoms with Gasteiger partial charge in [-0.2, -0.15) is 5.01 Å². The summed E-state index contributed by atoms with van der Waals surface area (Å²) in [6.45, 7) is 0. The molecule has 168 valence electrons. The summed E-state index contributed by atoms with van der Waals surface area (Å²) in [5.74, 6) is -1.17. The van der Waals surface area contributed by atoms with Crippen LogP contribution in [0.2, 0.25) is 5.02 Å². The van der Waals surface area contributed by atoms with Crippen LogP contribution in [0, 0.1) is 0 Å². The van der Waals surface area contributed by atoms with Gasteiger partial charge in [0.1, 0.15) is 5.54 Å². The number of amides is 4. The van der Waals surface area contributed by atoms with Gasteiger partial charge in [-0.05, 0) is 61.4 Å². The van der Waals surface area contributed by atoms with Crippen LogP contribution in [0.15, 0.2) is 53.4 Å². The molecule has 1 spiro atoms. The average Bonchev–Trinajstić information content (AvgIpc) is 2.99. The van der Waals surface area contributed by atoms with Crippen molar-refractivity contribution in [3.05, 3.63) is 59.1 Å². The SMILES string of the molecule is O=C(NN1C(=O)NC2(CCCCC2)C1=O)c1ccc(S(=O)(=O)Nc2ccc(Cl)cc2)cc1. The number of imide groups is 1. The number of anilines is 1. The largest absolute Gasteiger partial charge is 0.344 e. The minimum atomic E-state index is -3.88. The van der Waals surface area contributed by atoms with Gasteiger partial charge in [0.05, 0.1) is 4.90 Å². The van der Waals surface area contributed by atoms with Crippen LogP contribution < -0.4 is 15.5 Å². The minimum absolute atomic E-state index is 0.0554. The molecule has 4 amide bonds. The lowest BCUT2D eigenvalue weighted by Gasteiger charge is -2.30. The van der Waals surface area contributed by atoms with Crippen molar-refractivity contribution in [1.82, 2.24) is 15.8 Å². The Balaban J connectivity index is 1.44. The van der Waals surface area contributed by atoms with E-state index in [1.807, 2.05) is 0 Å². The zero-order chi connectivity index (χ0) is 22.9. The third kappa shape index (κ3) is 4.28. The van der Waals surface area contributed by atoms with Crippen LogP contribution in [-0.4, -0.2) is 36.8 Å². The van der Waals surface area contributed by atoms with Crippen molar-refractivity contribution in [2.75, 3.05) is 4.72 Å². The van der Waals surface area contributed by atoms with E-state index in [-0.39, 0.29) is 10.5 Å². The normalized spacial score (nSPS) is 17.8. The van der Waals surface area contributed by atoms with Crippen molar-refractivity contribution in [3.63, 3.8) is 0 Å². The van der Waals surface area contributed by atoms with Crippen molar-refractivity contribution in [3.8, 4) is 0 Å². The maximum Gasteiger partial charge on any atom is 0.344 e. The summed E-state index contributed by atoms with van der Waals surface area (Å²) in [4.78, 5) is 37.6. The molecule has 0 unspecified atom stereocenters. The fourth-order valence-corrected chi connectivity index (χ4v) is 5.08. The second kappa shape index (κ2) is 8.44. The molecule has 1 heterocycles. The first-order valence-corrected chi connectivity index (χ1v) is 11.9. The number of hydrazine groups is 1. The highest BCUT2D eigenvalue weighted by molar-refractivity contribution is 7.92. The maximum absolute atomic E-state index is 12.8. The molecule has 0 aromatic heterocycles. The van der Waals surface area contributed by atoms with Crippen LogP contribution in [0.3, 0.4) is 0 Å². The first-order chi connectivity index (χ1) is 15.2. The summed E-state index contributed by atoms with van der Waals surface area (Å²) in [6, 6.07) is 10.6. The van der Waals surface area contributed by atoms with E-state index in [1.54, 1.807) is 12.1 Å². The molecule has 3 N–H and O–H groups in total. The molecule has 32 heavy (non-hydrogen) atoms. The predicted octanol–water partition coefficient (Wildman–Crippen LogP) is 3.04. The number of hydrogen-bond acceptors (Lipinski definition) is 5. The maximum atomic E-state index is 12.8. The summed E-state index contributed by atoms with van der Waals surface area (Å²) in [5.41, 5.74) is 1.81. The third-order valence-corrected chi connectivity index (χ3v) is 7.25. The van der Waals surface area contributed by atoms with Gasteiger partial charge in [-0.25, -0.2) is 13.2 Å². The number of urea groups is 1. The molecule has 0 bridgehead atoms. The highest BCUT2D eigenvalue weighted by Gasteiger charge is 2.52. The molecule has 1 aliphatic heterocycles. The highest BCUT2D eigenvalue weighted by atomic mass is 35.5. The highest BCUT2D eigenvalue weighted by Crippen LogP contribution is 2.33. The molecule has 1 aliphatic carbocycles. The molecule has 1 saturated heterocycles. The topological polar surface area (TPSA) is 125 Å². The lowest BCUT2D eigenvalue weighted by Crippen LogP contribution is -2.50. The number of nitrogens with one attached hydrogen (secondary N) is 3. The Morgan fingerprint density at radius 3 is 2.22 bits per heavy atom. The summed E-state index contributed by atoms with van der Waals surface area (Å²) in [7, 11) is -3.88. The van der Waals surface area contributed by atoms with E-state index in [0.717, 1.165) is 19.3 Å². The van der Waals surface area contributed by atoms with Gasteiger partial charge in [0.15, 0.2) is 0 Å². The van der Waals surface area contributed by atoms with E-state index in [1.165, 1.54) is 36.4 Å². The fourth-order valence-electron chi connectivity index (χ4n) is 3.90.